The van der Waals surface area contributed by atoms with Gasteiger partial charge in [-0.2, -0.15) is 0 Å². The molecular weight excluding hydrogens is 411 g/mol. The van der Waals surface area contributed by atoms with Gasteiger partial charge in [-0.25, -0.2) is 9.37 Å². The van der Waals surface area contributed by atoms with E-state index in [1.807, 2.05) is 24.3 Å². The van der Waals surface area contributed by atoms with Crippen LogP contribution in [0, 0.1) is 5.82 Å². The molecule has 0 saturated carbocycles. The first-order chi connectivity index (χ1) is 15.3. The Balaban J connectivity index is 1.85. The largest absolute Gasteiger partial charge is 0.501 e. The van der Waals surface area contributed by atoms with Gasteiger partial charge in [-0.3, -0.25) is 19.1 Å². The molecule has 0 atom stereocenters. The molecule has 0 saturated heterocycles. The third-order valence-corrected chi connectivity index (χ3v) is 5.36. The number of hydrogen-bond acceptors (Lipinski definition) is 5. The molecule has 0 bridgehead atoms. The zero-order chi connectivity index (χ0) is 23.3. The van der Waals surface area contributed by atoms with E-state index in [4.69, 9.17) is 0 Å². The van der Waals surface area contributed by atoms with Gasteiger partial charge in [-0.05, 0) is 36.3 Å². The molecule has 2 aromatic carbocycles. The van der Waals surface area contributed by atoms with Crippen molar-refractivity contribution in [2.75, 3.05) is 13.1 Å². The molecule has 7 nitrogen and oxygen atoms in total. The summed E-state index contributed by atoms with van der Waals surface area (Å²) in [4.78, 5) is 31.7. The predicted molar refractivity (Wildman–Crippen MR) is 121 cm³/mol. The van der Waals surface area contributed by atoms with Crippen LogP contribution in [0.5, 0.6) is 5.75 Å². The minimum atomic E-state index is -0.717. The summed E-state index contributed by atoms with van der Waals surface area (Å²) in [5, 5.41) is 12.8. The summed E-state index contributed by atoms with van der Waals surface area (Å²) in [5.74, 6) is -1.51. The second-order valence-corrected chi connectivity index (χ2v) is 7.46. The number of carbonyl (C=O) groups is 1. The standard InChI is InChI=1S/C24H27FN4O3/c1-4-29(5-2)15-17-6-10-18(11-7-17)22-27-20(21(30)24(32)28(22)3)23(31)26-14-16-8-12-19(25)13-9-16/h6-13,30H,4-5,14-15H2,1-3H3,(H,26,31). The fraction of sp³-hybridized carbons (Fsp3) is 0.292. The van der Waals surface area contributed by atoms with E-state index >= 15 is 0 Å². The average Bonchev–Trinajstić information content (AvgIpc) is 2.81. The van der Waals surface area contributed by atoms with Gasteiger partial charge in [0.05, 0.1) is 0 Å². The first-order valence-electron chi connectivity index (χ1n) is 10.5. The number of nitrogens with one attached hydrogen (secondary N) is 1. The lowest BCUT2D eigenvalue weighted by molar-refractivity contribution is 0.0942. The van der Waals surface area contributed by atoms with Gasteiger partial charge in [0.15, 0.2) is 5.69 Å². The molecule has 8 heteroatoms. The molecule has 2 N–H and O–H groups in total. The predicted octanol–water partition coefficient (Wildman–Crippen LogP) is 3.06. The third-order valence-electron chi connectivity index (χ3n) is 5.36. The van der Waals surface area contributed by atoms with E-state index in [2.05, 4.69) is 29.0 Å². The maximum Gasteiger partial charge on any atom is 0.296 e. The summed E-state index contributed by atoms with van der Waals surface area (Å²) in [5.41, 5.74) is 1.39. The summed E-state index contributed by atoms with van der Waals surface area (Å²) in [7, 11) is 1.49. The van der Waals surface area contributed by atoms with Gasteiger partial charge in [0.25, 0.3) is 11.5 Å². The summed E-state index contributed by atoms with van der Waals surface area (Å²) >= 11 is 0. The van der Waals surface area contributed by atoms with Gasteiger partial charge in [0.2, 0.25) is 5.75 Å². The van der Waals surface area contributed by atoms with Crippen LogP contribution >= 0.6 is 0 Å². The fourth-order valence-corrected chi connectivity index (χ4v) is 3.34. The van der Waals surface area contributed by atoms with Crippen molar-refractivity contribution >= 4 is 5.91 Å². The van der Waals surface area contributed by atoms with Gasteiger partial charge in [-0.15, -0.1) is 0 Å². The van der Waals surface area contributed by atoms with Crippen LogP contribution in [0.15, 0.2) is 53.3 Å². The number of nitrogens with zero attached hydrogens (tertiary/aromatic N) is 3. The van der Waals surface area contributed by atoms with Crippen LogP contribution in [-0.4, -0.2) is 38.6 Å². The maximum atomic E-state index is 13.0. The van der Waals surface area contributed by atoms with Crippen molar-refractivity contribution in [2.24, 2.45) is 7.05 Å². The first-order valence-corrected chi connectivity index (χ1v) is 10.5. The highest BCUT2D eigenvalue weighted by atomic mass is 19.1. The van der Waals surface area contributed by atoms with E-state index in [1.54, 1.807) is 0 Å². The van der Waals surface area contributed by atoms with Gasteiger partial charge in [0, 0.05) is 25.7 Å². The van der Waals surface area contributed by atoms with Crippen molar-refractivity contribution in [2.45, 2.75) is 26.9 Å². The van der Waals surface area contributed by atoms with E-state index in [0.717, 1.165) is 25.2 Å². The fourth-order valence-electron chi connectivity index (χ4n) is 3.34. The number of rotatable bonds is 8. The molecular formula is C24H27FN4O3. The molecule has 1 heterocycles. The number of hydrogen-bond donors (Lipinski definition) is 2. The molecule has 1 amide bonds. The zero-order valence-electron chi connectivity index (χ0n) is 18.4. The Morgan fingerprint density at radius 2 is 1.66 bits per heavy atom. The molecule has 32 heavy (non-hydrogen) atoms. The van der Waals surface area contributed by atoms with Crippen LogP contribution in [0.1, 0.15) is 35.5 Å². The number of aromatic nitrogens is 2. The van der Waals surface area contributed by atoms with E-state index in [0.29, 0.717) is 11.1 Å². The van der Waals surface area contributed by atoms with Crippen molar-refractivity contribution in [3.63, 3.8) is 0 Å². The lowest BCUT2D eigenvalue weighted by atomic mass is 10.1. The van der Waals surface area contributed by atoms with Crippen LogP contribution in [0.2, 0.25) is 0 Å². The number of halogens is 1. The quantitative estimate of drug-likeness (QED) is 0.565. The van der Waals surface area contributed by atoms with Crippen molar-refractivity contribution in [3.8, 4) is 17.1 Å². The average molecular weight is 439 g/mol. The number of carbonyl (C=O) groups excluding carboxylic acids is 1. The third kappa shape index (κ3) is 5.20. The summed E-state index contributed by atoms with van der Waals surface area (Å²) in [6.45, 7) is 7.02. The molecule has 0 aliphatic heterocycles. The van der Waals surface area contributed by atoms with E-state index in [-0.39, 0.29) is 23.9 Å². The monoisotopic (exact) mass is 438 g/mol. The highest BCUT2D eigenvalue weighted by molar-refractivity contribution is 5.95. The van der Waals surface area contributed by atoms with E-state index < -0.39 is 17.2 Å². The molecule has 3 rings (SSSR count). The van der Waals surface area contributed by atoms with E-state index in [9.17, 15) is 19.1 Å². The summed E-state index contributed by atoms with van der Waals surface area (Å²) in [6.07, 6.45) is 0. The van der Waals surface area contributed by atoms with Crippen LogP contribution in [-0.2, 0) is 20.1 Å². The first kappa shape index (κ1) is 23.1. The van der Waals surface area contributed by atoms with Crippen LogP contribution < -0.4 is 10.9 Å². The SMILES string of the molecule is CCN(CC)Cc1ccc(-c2nc(C(=O)NCc3ccc(F)cc3)c(O)c(=O)n2C)cc1. The van der Waals surface area contributed by atoms with E-state index in [1.165, 1.54) is 35.9 Å². The molecule has 1 aromatic heterocycles. The van der Waals surface area contributed by atoms with Crippen molar-refractivity contribution in [1.29, 1.82) is 0 Å². The Morgan fingerprint density at radius 1 is 1.06 bits per heavy atom. The second-order valence-electron chi connectivity index (χ2n) is 7.46. The Labute approximate surface area is 186 Å². The number of amides is 1. The minimum Gasteiger partial charge on any atom is -0.501 e. The van der Waals surface area contributed by atoms with Crippen LogP contribution in [0.4, 0.5) is 4.39 Å². The number of aromatic hydroxyl groups is 1. The molecule has 0 radical (unpaired) electrons. The molecule has 3 aromatic rings. The summed E-state index contributed by atoms with van der Waals surface area (Å²) in [6, 6.07) is 13.3. The molecule has 0 spiro atoms. The summed E-state index contributed by atoms with van der Waals surface area (Å²) < 4.78 is 14.3. The maximum absolute atomic E-state index is 13.0. The molecule has 0 aliphatic carbocycles. The zero-order valence-corrected chi connectivity index (χ0v) is 18.4. The van der Waals surface area contributed by atoms with Crippen molar-refractivity contribution in [3.05, 3.63) is 81.5 Å². The second kappa shape index (κ2) is 10.2. The van der Waals surface area contributed by atoms with Crippen LogP contribution in [0.25, 0.3) is 11.4 Å². The van der Waals surface area contributed by atoms with Gasteiger partial charge < -0.3 is 10.4 Å². The van der Waals surface area contributed by atoms with Gasteiger partial charge in [0.1, 0.15) is 11.6 Å². The Morgan fingerprint density at radius 3 is 2.25 bits per heavy atom. The van der Waals surface area contributed by atoms with Gasteiger partial charge in [-0.1, -0.05) is 50.2 Å². The van der Waals surface area contributed by atoms with Crippen molar-refractivity contribution < 1.29 is 14.3 Å². The highest BCUT2D eigenvalue weighted by Crippen LogP contribution is 2.20. The lowest BCUT2D eigenvalue weighted by Gasteiger charge is -2.18. The van der Waals surface area contributed by atoms with Crippen molar-refractivity contribution in [1.82, 2.24) is 19.8 Å². The number of benzene rings is 2. The van der Waals surface area contributed by atoms with Crippen LogP contribution in [0.3, 0.4) is 0 Å². The topological polar surface area (TPSA) is 87.5 Å². The normalized spacial score (nSPS) is 11.0. The Hall–Kier alpha value is -3.52. The molecule has 0 aliphatic rings. The van der Waals surface area contributed by atoms with Gasteiger partial charge >= 0.3 is 0 Å². The molecule has 0 unspecified atom stereocenters. The lowest BCUT2D eigenvalue weighted by Crippen LogP contribution is -2.29. The molecule has 0 fully saturated rings. The Kier molecular flexibility index (Phi) is 7.37. The minimum absolute atomic E-state index is 0.102. The smallest absolute Gasteiger partial charge is 0.296 e. The molecule has 168 valence electrons. The Bertz CT molecular complexity index is 1140. The highest BCUT2D eigenvalue weighted by Gasteiger charge is 2.20.